The maximum Gasteiger partial charge on any atom is 0.211 e. The van der Waals surface area contributed by atoms with Gasteiger partial charge in [0.15, 0.2) is 0 Å². The summed E-state index contributed by atoms with van der Waals surface area (Å²) in [7, 11) is 0. The van der Waals surface area contributed by atoms with Crippen molar-refractivity contribution in [1.82, 2.24) is 0 Å². The molecule has 1 rings (SSSR count). The van der Waals surface area contributed by atoms with Crippen LogP contribution in [0, 0.1) is 5.82 Å². The van der Waals surface area contributed by atoms with Gasteiger partial charge in [0.1, 0.15) is 5.82 Å². The Hall–Kier alpha value is -1.91. The van der Waals surface area contributed by atoms with E-state index in [2.05, 4.69) is 10.2 Å². The minimum atomic E-state index is -0.262. The lowest BCUT2D eigenvalue weighted by atomic mass is 10.1. The maximum atomic E-state index is 12.8. The molecule has 1 aromatic rings. The average Bonchev–Trinajstić information content (AvgIpc) is 2.15. The predicted molar refractivity (Wildman–Crippen MR) is 59.0 cm³/mol. The van der Waals surface area contributed by atoms with E-state index in [4.69, 9.17) is 11.5 Å². The topological polar surface area (TPSA) is 76.8 Å². The molecule has 0 unspecified atom stereocenters. The Labute approximate surface area is 87.5 Å². The third-order valence-corrected chi connectivity index (χ3v) is 1.69. The molecule has 4 nitrogen and oxygen atoms in total. The summed E-state index contributed by atoms with van der Waals surface area (Å²) in [6, 6.07) is 6.32. The van der Waals surface area contributed by atoms with Crippen molar-refractivity contribution >= 4 is 11.7 Å². The van der Waals surface area contributed by atoms with E-state index in [0.29, 0.717) is 12.1 Å². The summed E-state index contributed by atoms with van der Waals surface area (Å²) in [6.45, 7) is 1.78. The molecule has 80 valence electrons. The van der Waals surface area contributed by atoms with Gasteiger partial charge in [0.05, 0.1) is 0 Å². The van der Waals surface area contributed by atoms with Gasteiger partial charge in [-0.05, 0) is 24.6 Å². The fourth-order valence-electron chi connectivity index (χ4n) is 1.12. The van der Waals surface area contributed by atoms with Crippen LogP contribution in [0.5, 0.6) is 0 Å². The van der Waals surface area contributed by atoms with Crippen LogP contribution < -0.4 is 11.5 Å². The summed E-state index contributed by atoms with van der Waals surface area (Å²) in [4.78, 5) is 0. The molecule has 0 aliphatic heterocycles. The van der Waals surface area contributed by atoms with E-state index in [1.165, 1.54) is 12.1 Å². The second-order valence-corrected chi connectivity index (χ2v) is 3.17. The Morgan fingerprint density at radius 1 is 1.33 bits per heavy atom. The maximum absolute atomic E-state index is 12.8. The van der Waals surface area contributed by atoms with E-state index in [1.807, 2.05) is 6.07 Å². The zero-order chi connectivity index (χ0) is 11.3. The van der Waals surface area contributed by atoms with Crippen LogP contribution in [0.25, 0.3) is 0 Å². The second-order valence-electron chi connectivity index (χ2n) is 3.17. The summed E-state index contributed by atoms with van der Waals surface area (Å²) in [5.41, 5.74) is 11.8. The van der Waals surface area contributed by atoms with Crippen LogP contribution in [0.1, 0.15) is 12.5 Å². The molecule has 0 fully saturated rings. The lowest BCUT2D eigenvalue weighted by Crippen LogP contribution is -2.22. The Kier molecular flexibility index (Phi) is 3.79. The van der Waals surface area contributed by atoms with E-state index in [1.54, 1.807) is 13.0 Å². The number of benzene rings is 1. The molecular formula is C10H13FN4. The first-order valence-electron chi connectivity index (χ1n) is 4.44. The zero-order valence-electron chi connectivity index (χ0n) is 8.44. The van der Waals surface area contributed by atoms with Crippen LogP contribution in [0.2, 0.25) is 0 Å². The lowest BCUT2D eigenvalue weighted by Gasteiger charge is -1.99. The molecule has 0 radical (unpaired) electrons. The number of halogens is 1. The molecule has 5 heteroatoms. The van der Waals surface area contributed by atoms with Gasteiger partial charge < -0.3 is 11.5 Å². The van der Waals surface area contributed by atoms with E-state index in [-0.39, 0.29) is 11.8 Å². The van der Waals surface area contributed by atoms with Crippen molar-refractivity contribution in [2.75, 3.05) is 0 Å². The number of nitrogens with zero attached hydrogens (tertiary/aromatic N) is 2. The van der Waals surface area contributed by atoms with Crippen molar-refractivity contribution in [3.8, 4) is 0 Å². The molecule has 0 atom stereocenters. The molecule has 0 saturated carbocycles. The van der Waals surface area contributed by atoms with Gasteiger partial charge in [0, 0.05) is 12.1 Å². The fourth-order valence-corrected chi connectivity index (χ4v) is 1.12. The zero-order valence-corrected chi connectivity index (χ0v) is 8.44. The van der Waals surface area contributed by atoms with E-state index >= 15 is 0 Å². The highest BCUT2D eigenvalue weighted by Gasteiger charge is 1.97. The Bertz CT molecular complexity index is 394. The van der Waals surface area contributed by atoms with Gasteiger partial charge in [-0.3, -0.25) is 0 Å². The first-order chi connectivity index (χ1) is 7.08. The molecule has 1 aromatic carbocycles. The summed E-state index contributed by atoms with van der Waals surface area (Å²) in [5.74, 6) is -0.351. The molecule has 0 aliphatic carbocycles. The van der Waals surface area contributed by atoms with Crippen LogP contribution in [-0.4, -0.2) is 11.7 Å². The molecule has 0 saturated heterocycles. The lowest BCUT2D eigenvalue weighted by molar-refractivity contribution is 0.626. The smallest absolute Gasteiger partial charge is 0.211 e. The highest BCUT2D eigenvalue weighted by Crippen LogP contribution is 2.05. The van der Waals surface area contributed by atoms with E-state index < -0.39 is 0 Å². The van der Waals surface area contributed by atoms with E-state index in [0.717, 1.165) is 5.56 Å². The molecule has 0 spiro atoms. The minimum absolute atomic E-state index is 0.0893. The van der Waals surface area contributed by atoms with Crippen molar-refractivity contribution in [3.63, 3.8) is 0 Å². The average molecular weight is 208 g/mol. The predicted octanol–water partition coefficient (Wildman–Crippen LogP) is 1.02. The molecule has 4 N–H and O–H groups in total. The van der Waals surface area contributed by atoms with Crippen molar-refractivity contribution in [2.45, 2.75) is 13.3 Å². The quantitative estimate of drug-likeness (QED) is 0.442. The molecule has 0 bridgehead atoms. The number of rotatable bonds is 3. The summed E-state index contributed by atoms with van der Waals surface area (Å²) in [5, 5.41) is 7.29. The number of hydrogen-bond donors (Lipinski definition) is 2. The Morgan fingerprint density at radius 2 is 2.07 bits per heavy atom. The molecule has 0 aliphatic rings. The molecule has 0 amide bonds. The standard InChI is InChI=1S/C10H13FN4/c1-7(14-15-10(12)13)5-8-3-2-4-9(11)6-8/h2-4,6H,5H2,1H3,(H4,12,13,15)/b14-7-. The summed E-state index contributed by atoms with van der Waals surface area (Å²) in [6.07, 6.45) is 0.522. The van der Waals surface area contributed by atoms with Crippen molar-refractivity contribution in [2.24, 2.45) is 21.7 Å². The molecule has 0 aromatic heterocycles. The van der Waals surface area contributed by atoms with Crippen LogP contribution in [0.4, 0.5) is 4.39 Å². The van der Waals surface area contributed by atoms with Gasteiger partial charge in [-0.25, -0.2) is 4.39 Å². The molecular weight excluding hydrogens is 195 g/mol. The third-order valence-electron chi connectivity index (χ3n) is 1.69. The normalized spacial score (nSPS) is 11.2. The minimum Gasteiger partial charge on any atom is -0.369 e. The number of nitrogens with two attached hydrogens (primary N) is 2. The van der Waals surface area contributed by atoms with Gasteiger partial charge in [0.25, 0.3) is 0 Å². The van der Waals surface area contributed by atoms with Gasteiger partial charge in [-0.1, -0.05) is 12.1 Å². The largest absolute Gasteiger partial charge is 0.369 e. The second kappa shape index (κ2) is 5.09. The highest BCUT2D eigenvalue weighted by atomic mass is 19.1. The van der Waals surface area contributed by atoms with Crippen molar-refractivity contribution in [1.29, 1.82) is 0 Å². The molecule has 15 heavy (non-hydrogen) atoms. The first kappa shape index (κ1) is 11.2. The van der Waals surface area contributed by atoms with Gasteiger partial charge in [-0.2, -0.15) is 5.10 Å². The van der Waals surface area contributed by atoms with Crippen LogP contribution in [0.3, 0.4) is 0 Å². The van der Waals surface area contributed by atoms with Crippen LogP contribution >= 0.6 is 0 Å². The Morgan fingerprint density at radius 3 is 2.67 bits per heavy atom. The van der Waals surface area contributed by atoms with Gasteiger partial charge in [-0.15, -0.1) is 5.10 Å². The Balaban J connectivity index is 2.70. The first-order valence-corrected chi connectivity index (χ1v) is 4.44. The van der Waals surface area contributed by atoms with E-state index in [9.17, 15) is 4.39 Å². The SMILES string of the molecule is C/C(Cc1cccc(F)c1)=N/N=C(N)N. The van der Waals surface area contributed by atoms with Crippen LogP contribution in [-0.2, 0) is 6.42 Å². The number of hydrogen-bond acceptors (Lipinski definition) is 2. The van der Waals surface area contributed by atoms with Crippen LogP contribution in [0.15, 0.2) is 34.5 Å². The highest BCUT2D eigenvalue weighted by molar-refractivity contribution is 5.85. The van der Waals surface area contributed by atoms with Gasteiger partial charge >= 0.3 is 0 Å². The van der Waals surface area contributed by atoms with Crippen molar-refractivity contribution < 1.29 is 4.39 Å². The summed E-state index contributed by atoms with van der Waals surface area (Å²) >= 11 is 0. The van der Waals surface area contributed by atoms with Crippen molar-refractivity contribution in [3.05, 3.63) is 35.6 Å². The number of guanidine groups is 1. The fraction of sp³-hybridized carbons (Fsp3) is 0.200. The monoisotopic (exact) mass is 208 g/mol. The third kappa shape index (κ3) is 4.21. The summed E-state index contributed by atoms with van der Waals surface area (Å²) < 4.78 is 12.8. The van der Waals surface area contributed by atoms with Gasteiger partial charge in [0.2, 0.25) is 5.96 Å². The molecule has 0 heterocycles.